The summed E-state index contributed by atoms with van der Waals surface area (Å²) in [5.74, 6) is -0.620. The number of rotatable bonds is 5. The molecule has 3 aromatic rings. The molecule has 0 unspecified atom stereocenters. The van der Waals surface area contributed by atoms with Crippen molar-refractivity contribution in [3.63, 3.8) is 0 Å². The van der Waals surface area contributed by atoms with Crippen molar-refractivity contribution in [1.82, 2.24) is 4.90 Å². The zero-order valence-corrected chi connectivity index (χ0v) is 20.1. The lowest BCUT2D eigenvalue weighted by atomic mass is 10.0. The largest absolute Gasteiger partial charge is 0.465 e. The van der Waals surface area contributed by atoms with E-state index >= 15 is 0 Å². The van der Waals surface area contributed by atoms with Crippen LogP contribution in [0.1, 0.15) is 39.5 Å². The highest BCUT2D eigenvalue weighted by Gasteiger charge is 2.27. The van der Waals surface area contributed by atoms with Gasteiger partial charge in [0.2, 0.25) is 0 Å². The fourth-order valence-corrected chi connectivity index (χ4v) is 4.89. The molecule has 0 spiro atoms. The average Bonchev–Trinajstić information content (AvgIpc) is 3.07. The molecule has 0 bridgehead atoms. The molecule has 0 saturated heterocycles. The maximum Gasteiger partial charge on any atom is 0.337 e. The number of hydrogen-bond donors (Lipinski definition) is 2. The van der Waals surface area contributed by atoms with Crippen molar-refractivity contribution in [2.45, 2.75) is 26.3 Å². The maximum absolute atomic E-state index is 12.7. The van der Waals surface area contributed by atoms with Crippen LogP contribution in [0.25, 0.3) is 5.57 Å². The first-order chi connectivity index (χ1) is 17.0. The van der Waals surface area contributed by atoms with Crippen LogP contribution < -0.4 is 10.6 Å². The van der Waals surface area contributed by atoms with Gasteiger partial charge in [-0.05, 0) is 60.7 Å². The molecular weight excluding hydrogens is 438 g/mol. The van der Waals surface area contributed by atoms with Gasteiger partial charge in [-0.15, -0.1) is 0 Å². The molecular formula is C29H29N3O3. The SMILES string of the molecule is COC(=O)c1ccc2c(c1)NC(=O)/C2=C(\C)Nc1ccc(CN2CCc3ccccc3CC2)cc1. The van der Waals surface area contributed by atoms with E-state index in [2.05, 4.69) is 64.1 Å². The fraction of sp³-hybridized carbons (Fsp3) is 0.241. The number of carbonyl (C=O) groups is 2. The van der Waals surface area contributed by atoms with E-state index in [9.17, 15) is 9.59 Å². The monoisotopic (exact) mass is 467 g/mol. The first kappa shape index (κ1) is 22.9. The summed E-state index contributed by atoms with van der Waals surface area (Å²) in [6.45, 7) is 4.94. The van der Waals surface area contributed by atoms with Gasteiger partial charge >= 0.3 is 5.97 Å². The minimum Gasteiger partial charge on any atom is -0.465 e. The molecule has 0 aliphatic carbocycles. The van der Waals surface area contributed by atoms with Crippen LogP contribution in [0, 0.1) is 0 Å². The number of hydrogen-bond acceptors (Lipinski definition) is 5. The first-order valence-corrected chi connectivity index (χ1v) is 11.9. The molecule has 2 N–H and O–H groups in total. The van der Waals surface area contributed by atoms with Gasteiger partial charge in [0.25, 0.3) is 5.91 Å². The fourth-order valence-electron chi connectivity index (χ4n) is 4.89. The Labute approximate surface area is 205 Å². The number of ether oxygens (including phenoxy) is 1. The zero-order valence-electron chi connectivity index (χ0n) is 20.1. The molecule has 6 nitrogen and oxygen atoms in total. The second kappa shape index (κ2) is 9.76. The van der Waals surface area contributed by atoms with Crippen molar-refractivity contribution in [2.24, 2.45) is 0 Å². The van der Waals surface area contributed by atoms with Gasteiger partial charge in [-0.3, -0.25) is 9.69 Å². The van der Waals surface area contributed by atoms with Gasteiger partial charge in [0, 0.05) is 36.6 Å². The van der Waals surface area contributed by atoms with Gasteiger partial charge in [-0.25, -0.2) is 4.79 Å². The van der Waals surface area contributed by atoms with Crippen molar-refractivity contribution >= 4 is 28.8 Å². The summed E-state index contributed by atoms with van der Waals surface area (Å²) in [6.07, 6.45) is 2.18. The lowest BCUT2D eigenvalue weighted by Gasteiger charge is -2.20. The van der Waals surface area contributed by atoms with Gasteiger partial charge in [-0.2, -0.15) is 0 Å². The van der Waals surface area contributed by atoms with E-state index in [4.69, 9.17) is 4.74 Å². The third-order valence-corrected chi connectivity index (χ3v) is 6.77. The van der Waals surface area contributed by atoms with Crippen LogP contribution in [0.3, 0.4) is 0 Å². The standard InChI is InChI=1S/C29H29N3O3/c1-19(27-25-12-9-23(29(34)35-2)17-26(25)31-28(27)33)30-24-10-7-20(8-11-24)18-32-15-13-21-5-3-4-6-22(21)14-16-32/h3-12,17,30H,13-16,18H2,1-2H3,(H,31,33)/b27-19+. The average molecular weight is 468 g/mol. The van der Waals surface area contributed by atoms with Crippen LogP contribution in [0.2, 0.25) is 0 Å². The highest BCUT2D eigenvalue weighted by molar-refractivity contribution is 6.32. The normalized spacial score (nSPS) is 16.6. The third-order valence-electron chi connectivity index (χ3n) is 6.77. The van der Waals surface area contributed by atoms with Crippen molar-refractivity contribution in [1.29, 1.82) is 0 Å². The van der Waals surface area contributed by atoms with E-state index in [1.165, 1.54) is 23.8 Å². The molecule has 2 aliphatic heterocycles. The van der Waals surface area contributed by atoms with Crippen molar-refractivity contribution in [2.75, 3.05) is 30.8 Å². The molecule has 3 aromatic carbocycles. The van der Waals surface area contributed by atoms with Gasteiger partial charge in [0.1, 0.15) is 0 Å². The molecule has 0 radical (unpaired) electrons. The summed E-state index contributed by atoms with van der Waals surface area (Å²) < 4.78 is 4.78. The van der Waals surface area contributed by atoms with Crippen LogP contribution in [-0.2, 0) is 28.9 Å². The van der Waals surface area contributed by atoms with Crippen LogP contribution in [0.5, 0.6) is 0 Å². The van der Waals surface area contributed by atoms with Crippen molar-refractivity contribution < 1.29 is 14.3 Å². The molecule has 0 atom stereocenters. The van der Waals surface area contributed by atoms with Crippen LogP contribution in [0.4, 0.5) is 11.4 Å². The molecule has 35 heavy (non-hydrogen) atoms. The van der Waals surface area contributed by atoms with Crippen molar-refractivity contribution in [3.8, 4) is 0 Å². The molecule has 2 aliphatic rings. The number of nitrogens with zero attached hydrogens (tertiary/aromatic N) is 1. The summed E-state index contributed by atoms with van der Waals surface area (Å²) in [5.41, 5.74) is 8.25. The van der Waals surface area contributed by atoms with E-state index in [0.29, 0.717) is 16.8 Å². The maximum atomic E-state index is 12.7. The molecule has 0 saturated carbocycles. The highest BCUT2D eigenvalue weighted by atomic mass is 16.5. The van der Waals surface area contributed by atoms with Gasteiger partial charge < -0.3 is 15.4 Å². The number of benzene rings is 3. The predicted molar refractivity (Wildman–Crippen MR) is 138 cm³/mol. The Kier molecular flexibility index (Phi) is 6.38. The first-order valence-electron chi connectivity index (χ1n) is 11.9. The van der Waals surface area contributed by atoms with Crippen LogP contribution in [0.15, 0.2) is 72.4 Å². The molecule has 178 valence electrons. The topological polar surface area (TPSA) is 70.7 Å². The second-order valence-electron chi connectivity index (χ2n) is 9.07. The summed E-state index contributed by atoms with van der Waals surface area (Å²) in [4.78, 5) is 27.0. The molecule has 6 heteroatoms. The highest BCUT2D eigenvalue weighted by Crippen LogP contribution is 2.35. The Morgan fingerprint density at radius 2 is 1.69 bits per heavy atom. The Morgan fingerprint density at radius 1 is 1.00 bits per heavy atom. The Balaban J connectivity index is 1.26. The van der Waals surface area contributed by atoms with E-state index < -0.39 is 5.97 Å². The molecule has 1 amide bonds. The summed E-state index contributed by atoms with van der Waals surface area (Å²) in [5, 5.41) is 6.22. The lowest BCUT2D eigenvalue weighted by molar-refractivity contribution is -0.110. The number of esters is 1. The van der Waals surface area contributed by atoms with Crippen LogP contribution >= 0.6 is 0 Å². The van der Waals surface area contributed by atoms with Gasteiger partial charge in [-0.1, -0.05) is 42.5 Å². The summed E-state index contributed by atoms with van der Waals surface area (Å²) >= 11 is 0. The third kappa shape index (κ3) is 4.84. The summed E-state index contributed by atoms with van der Waals surface area (Å²) in [6, 6.07) is 22.3. The minimum atomic E-state index is -0.431. The zero-order chi connectivity index (χ0) is 24.4. The number of methoxy groups -OCH3 is 1. The van der Waals surface area contributed by atoms with E-state index in [1.54, 1.807) is 18.2 Å². The van der Waals surface area contributed by atoms with Crippen molar-refractivity contribution in [3.05, 3.63) is 100 Å². The Bertz CT molecular complexity index is 1280. The Hall–Kier alpha value is -3.90. The quantitative estimate of drug-likeness (QED) is 0.414. The van der Waals surface area contributed by atoms with Gasteiger partial charge in [0.15, 0.2) is 0 Å². The minimum absolute atomic E-state index is 0.189. The number of carbonyl (C=O) groups excluding carboxylic acids is 2. The predicted octanol–water partition coefficient (Wildman–Crippen LogP) is 4.87. The molecule has 0 aromatic heterocycles. The molecule has 0 fully saturated rings. The van der Waals surface area contributed by atoms with E-state index in [-0.39, 0.29) is 5.91 Å². The smallest absolute Gasteiger partial charge is 0.337 e. The lowest BCUT2D eigenvalue weighted by Crippen LogP contribution is -2.25. The number of nitrogens with one attached hydrogen (secondary N) is 2. The Morgan fingerprint density at radius 3 is 2.34 bits per heavy atom. The van der Waals surface area contributed by atoms with Gasteiger partial charge in [0.05, 0.1) is 23.9 Å². The number of anilines is 2. The number of fused-ring (bicyclic) bond motifs is 2. The van der Waals surface area contributed by atoms with E-state index in [0.717, 1.165) is 49.4 Å². The molecule has 5 rings (SSSR count). The molecule has 2 heterocycles. The van der Waals surface area contributed by atoms with E-state index in [1.807, 2.05) is 6.92 Å². The number of allylic oxidation sites excluding steroid dienone is 1. The van der Waals surface area contributed by atoms with Crippen LogP contribution in [-0.4, -0.2) is 37.0 Å². The number of amides is 1. The second-order valence-corrected chi connectivity index (χ2v) is 9.07. The summed E-state index contributed by atoms with van der Waals surface area (Å²) in [7, 11) is 1.34.